The average molecular weight is 249 g/mol. The Bertz CT molecular complexity index is 525. The SMILES string of the molecule is COc1cc(CN)ccc1OCc1nonc1C. The van der Waals surface area contributed by atoms with Crippen LogP contribution in [0.15, 0.2) is 22.8 Å². The van der Waals surface area contributed by atoms with Gasteiger partial charge in [-0.05, 0) is 24.6 Å². The molecule has 0 amide bonds. The molecule has 2 rings (SSSR count). The second kappa shape index (κ2) is 5.50. The number of benzene rings is 1. The molecule has 96 valence electrons. The predicted molar refractivity (Wildman–Crippen MR) is 64.3 cm³/mol. The monoisotopic (exact) mass is 249 g/mol. The van der Waals surface area contributed by atoms with E-state index in [0.717, 1.165) is 5.56 Å². The third-order valence-corrected chi connectivity index (χ3v) is 2.57. The minimum absolute atomic E-state index is 0.285. The Morgan fingerprint density at radius 2 is 2.11 bits per heavy atom. The summed E-state index contributed by atoms with van der Waals surface area (Å²) < 4.78 is 15.5. The van der Waals surface area contributed by atoms with Gasteiger partial charge in [-0.3, -0.25) is 0 Å². The van der Waals surface area contributed by atoms with Crippen LogP contribution in [0.4, 0.5) is 0 Å². The molecule has 1 heterocycles. The molecule has 6 heteroatoms. The number of aromatic nitrogens is 2. The zero-order valence-electron chi connectivity index (χ0n) is 10.3. The number of methoxy groups -OCH3 is 1. The Kier molecular flexibility index (Phi) is 3.78. The molecule has 18 heavy (non-hydrogen) atoms. The molecule has 0 unspecified atom stereocenters. The second-order valence-electron chi connectivity index (χ2n) is 3.77. The van der Waals surface area contributed by atoms with Crippen LogP contribution >= 0.6 is 0 Å². The smallest absolute Gasteiger partial charge is 0.161 e. The highest BCUT2D eigenvalue weighted by molar-refractivity contribution is 5.43. The summed E-state index contributed by atoms with van der Waals surface area (Å²) in [6.45, 7) is 2.56. The van der Waals surface area contributed by atoms with Crippen molar-refractivity contribution in [3.8, 4) is 11.5 Å². The zero-order chi connectivity index (χ0) is 13.0. The van der Waals surface area contributed by atoms with Gasteiger partial charge >= 0.3 is 0 Å². The standard InChI is InChI=1S/C12H15N3O3/c1-8-10(15-18-14-8)7-17-11-4-3-9(6-13)5-12(11)16-2/h3-5H,6-7,13H2,1-2H3. The first-order chi connectivity index (χ1) is 8.74. The van der Waals surface area contributed by atoms with Gasteiger partial charge in [-0.25, -0.2) is 4.63 Å². The van der Waals surface area contributed by atoms with Crippen LogP contribution in [-0.2, 0) is 13.2 Å². The molecule has 0 saturated carbocycles. The Morgan fingerprint density at radius 1 is 1.28 bits per heavy atom. The normalized spacial score (nSPS) is 10.4. The van der Waals surface area contributed by atoms with Gasteiger partial charge in [-0.2, -0.15) is 0 Å². The van der Waals surface area contributed by atoms with Crippen LogP contribution < -0.4 is 15.2 Å². The summed E-state index contributed by atoms with van der Waals surface area (Å²) in [5.41, 5.74) is 7.93. The van der Waals surface area contributed by atoms with Gasteiger partial charge in [0.15, 0.2) is 11.5 Å². The van der Waals surface area contributed by atoms with E-state index in [0.29, 0.717) is 29.4 Å². The van der Waals surface area contributed by atoms with E-state index in [1.54, 1.807) is 7.11 Å². The van der Waals surface area contributed by atoms with Gasteiger partial charge in [-0.15, -0.1) is 0 Å². The highest BCUT2D eigenvalue weighted by atomic mass is 16.6. The molecule has 0 saturated heterocycles. The molecular weight excluding hydrogens is 234 g/mol. The maximum absolute atomic E-state index is 5.62. The Labute approximate surface area is 105 Å². The molecule has 1 aromatic carbocycles. The molecule has 0 atom stereocenters. The van der Waals surface area contributed by atoms with Gasteiger partial charge in [0, 0.05) is 6.54 Å². The van der Waals surface area contributed by atoms with Gasteiger partial charge < -0.3 is 15.2 Å². The lowest BCUT2D eigenvalue weighted by Gasteiger charge is -2.10. The molecule has 0 radical (unpaired) electrons. The fourth-order valence-electron chi connectivity index (χ4n) is 1.48. The third kappa shape index (κ3) is 2.60. The number of aryl methyl sites for hydroxylation is 1. The minimum atomic E-state index is 0.285. The van der Waals surface area contributed by atoms with Crippen molar-refractivity contribution < 1.29 is 14.1 Å². The first kappa shape index (κ1) is 12.4. The van der Waals surface area contributed by atoms with E-state index in [-0.39, 0.29) is 6.61 Å². The van der Waals surface area contributed by atoms with E-state index < -0.39 is 0 Å². The van der Waals surface area contributed by atoms with E-state index >= 15 is 0 Å². The van der Waals surface area contributed by atoms with Crippen LogP contribution in [0.3, 0.4) is 0 Å². The van der Waals surface area contributed by atoms with E-state index in [1.807, 2.05) is 25.1 Å². The summed E-state index contributed by atoms with van der Waals surface area (Å²) in [5, 5.41) is 7.43. The van der Waals surface area contributed by atoms with E-state index in [4.69, 9.17) is 15.2 Å². The van der Waals surface area contributed by atoms with Crippen molar-refractivity contribution in [3.63, 3.8) is 0 Å². The molecule has 0 aliphatic carbocycles. The van der Waals surface area contributed by atoms with Crippen molar-refractivity contribution >= 4 is 0 Å². The summed E-state index contributed by atoms with van der Waals surface area (Å²) in [5.74, 6) is 1.28. The molecule has 6 nitrogen and oxygen atoms in total. The largest absolute Gasteiger partial charge is 0.493 e. The lowest BCUT2D eigenvalue weighted by atomic mass is 10.2. The van der Waals surface area contributed by atoms with Gasteiger partial charge in [0.05, 0.1) is 7.11 Å². The van der Waals surface area contributed by atoms with E-state index in [1.165, 1.54) is 0 Å². The molecule has 2 N–H and O–H groups in total. The second-order valence-corrected chi connectivity index (χ2v) is 3.77. The first-order valence-electron chi connectivity index (χ1n) is 5.52. The molecule has 0 aliphatic rings. The van der Waals surface area contributed by atoms with Crippen molar-refractivity contribution in [2.45, 2.75) is 20.1 Å². The summed E-state index contributed by atoms with van der Waals surface area (Å²) in [6.07, 6.45) is 0. The van der Waals surface area contributed by atoms with E-state index in [2.05, 4.69) is 14.9 Å². The van der Waals surface area contributed by atoms with Crippen molar-refractivity contribution in [3.05, 3.63) is 35.2 Å². The Balaban J connectivity index is 2.11. The van der Waals surface area contributed by atoms with Gasteiger partial charge in [0.2, 0.25) is 0 Å². The first-order valence-corrected chi connectivity index (χ1v) is 5.52. The van der Waals surface area contributed by atoms with Crippen LogP contribution in [-0.4, -0.2) is 17.4 Å². The van der Waals surface area contributed by atoms with Crippen molar-refractivity contribution in [2.75, 3.05) is 7.11 Å². The van der Waals surface area contributed by atoms with Crippen molar-refractivity contribution in [1.29, 1.82) is 0 Å². The quantitative estimate of drug-likeness (QED) is 0.862. The molecule has 0 spiro atoms. The molecular formula is C12H15N3O3. The van der Waals surface area contributed by atoms with Crippen molar-refractivity contribution in [1.82, 2.24) is 10.3 Å². The maximum atomic E-state index is 5.62. The van der Waals surface area contributed by atoms with E-state index in [9.17, 15) is 0 Å². The average Bonchev–Trinajstić information content (AvgIpc) is 2.81. The minimum Gasteiger partial charge on any atom is -0.493 e. The summed E-state index contributed by atoms with van der Waals surface area (Å²) in [7, 11) is 1.59. The summed E-state index contributed by atoms with van der Waals surface area (Å²) in [4.78, 5) is 0. The topological polar surface area (TPSA) is 83.4 Å². The number of rotatable bonds is 5. The highest BCUT2D eigenvalue weighted by Gasteiger charge is 2.09. The molecule has 0 bridgehead atoms. The van der Waals surface area contributed by atoms with Crippen LogP contribution in [0.2, 0.25) is 0 Å². The molecule has 2 aromatic rings. The lowest BCUT2D eigenvalue weighted by Crippen LogP contribution is -2.01. The third-order valence-electron chi connectivity index (χ3n) is 2.57. The van der Waals surface area contributed by atoms with Crippen LogP contribution in [0, 0.1) is 6.92 Å². The predicted octanol–water partition coefficient (Wildman–Crippen LogP) is 1.42. The number of hydrogen-bond acceptors (Lipinski definition) is 6. The van der Waals surface area contributed by atoms with Crippen LogP contribution in [0.1, 0.15) is 17.0 Å². The number of ether oxygens (including phenoxy) is 2. The molecule has 0 aliphatic heterocycles. The van der Waals surface area contributed by atoms with Gasteiger partial charge in [-0.1, -0.05) is 16.4 Å². The number of nitrogens with zero attached hydrogens (tertiary/aromatic N) is 2. The summed E-state index contributed by atoms with van der Waals surface area (Å²) >= 11 is 0. The van der Waals surface area contributed by atoms with Crippen molar-refractivity contribution in [2.24, 2.45) is 5.73 Å². The summed E-state index contributed by atoms with van der Waals surface area (Å²) in [6, 6.07) is 5.57. The zero-order valence-corrected chi connectivity index (χ0v) is 10.3. The number of nitrogens with two attached hydrogens (primary N) is 1. The Hall–Kier alpha value is -2.08. The van der Waals surface area contributed by atoms with Gasteiger partial charge in [0.1, 0.15) is 18.0 Å². The Morgan fingerprint density at radius 3 is 2.72 bits per heavy atom. The van der Waals surface area contributed by atoms with Crippen LogP contribution in [0.25, 0.3) is 0 Å². The highest BCUT2D eigenvalue weighted by Crippen LogP contribution is 2.28. The lowest BCUT2D eigenvalue weighted by molar-refractivity contribution is 0.260. The fourth-order valence-corrected chi connectivity index (χ4v) is 1.48. The molecule has 1 aromatic heterocycles. The maximum Gasteiger partial charge on any atom is 0.161 e. The van der Waals surface area contributed by atoms with Gasteiger partial charge in [0.25, 0.3) is 0 Å². The molecule has 0 fully saturated rings. The number of hydrogen-bond donors (Lipinski definition) is 1. The fraction of sp³-hybridized carbons (Fsp3) is 0.333. The van der Waals surface area contributed by atoms with Crippen LogP contribution in [0.5, 0.6) is 11.5 Å².